The van der Waals surface area contributed by atoms with Crippen LogP contribution in [0.1, 0.15) is 10.4 Å². The summed E-state index contributed by atoms with van der Waals surface area (Å²) in [6.07, 6.45) is 0. The molecule has 1 aliphatic rings. The Balaban J connectivity index is 2.21. The van der Waals surface area contributed by atoms with Gasteiger partial charge in [-0.3, -0.25) is 4.79 Å². The van der Waals surface area contributed by atoms with Crippen molar-refractivity contribution in [2.45, 2.75) is 6.04 Å². The van der Waals surface area contributed by atoms with Gasteiger partial charge in [-0.15, -0.1) is 0 Å². The number of ether oxygens (including phenoxy) is 2. The van der Waals surface area contributed by atoms with Crippen molar-refractivity contribution in [1.82, 2.24) is 5.32 Å². The number of hydrogen-bond acceptors (Lipinski definition) is 5. The highest BCUT2D eigenvalue weighted by atomic mass is 35.5. The van der Waals surface area contributed by atoms with Gasteiger partial charge in [0.25, 0.3) is 5.91 Å². The van der Waals surface area contributed by atoms with Crippen molar-refractivity contribution < 1.29 is 24.5 Å². The summed E-state index contributed by atoms with van der Waals surface area (Å²) >= 11 is 6.01. The number of aliphatic hydroxyl groups is 2. The molecule has 0 aliphatic carbocycles. The van der Waals surface area contributed by atoms with Crippen molar-refractivity contribution in [1.29, 1.82) is 0 Å². The van der Waals surface area contributed by atoms with E-state index in [1.807, 2.05) is 0 Å². The maximum atomic E-state index is 11.9. The highest BCUT2D eigenvalue weighted by Gasteiger charge is 2.20. The van der Waals surface area contributed by atoms with Crippen LogP contribution in [0.15, 0.2) is 12.1 Å². The first-order valence-corrected chi connectivity index (χ1v) is 6.15. The molecule has 6 nitrogen and oxygen atoms in total. The van der Waals surface area contributed by atoms with Crippen molar-refractivity contribution in [3.8, 4) is 11.5 Å². The van der Waals surface area contributed by atoms with E-state index < -0.39 is 11.9 Å². The highest BCUT2D eigenvalue weighted by Crippen LogP contribution is 2.38. The largest absolute Gasteiger partial charge is 0.486 e. The van der Waals surface area contributed by atoms with Gasteiger partial charge in [0.2, 0.25) is 0 Å². The number of amides is 1. The van der Waals surface area contributed by atoms with Crippen LogP contribution in [0.2, 0.25) is 5.02 Å². The van der Waals surface area contributed by atoms with Gasteiger partial charge in [0, 0.05) is 5.56 Å². The van der Waals surface area contributed by atoms with E-state index in [1.165, 1.54) is 12.1 Å². The van der Waals surface area contributed by atoms with E-state index in [0.29, 0.717) is 24.7 Å². The Bertz CT molecular complexity index is 475. The van der Waals surface area contributed by atoms with Gasteiger partial charge in [-0.2, -0.15) is 0 Å². The Labute approximate surface area is 114 Å². The number of hydrogen-bond donors (Lipinski definition) is 3. The molecule has 1 aromatic rings. The molecule has 1 amide bonds. The lowest BCUT2D eigenvalue weighted by molar-refractivity contribution is 0.0878. The fraction of sp³-hybridized carbons (Fsp3) is 0.417. The molecule has 0 fully saturated rings. The summed E-state index contributed by atoms with van der Waals surface area (Å²) in [4.78, 5) is 11.9. The lowest BCUT2D eigenvalue weighted by Gasteiger charge is -2.20. The number of fused-ring (bicyclic) bond motifs is 1. The molecule has 104 valence electrons. The molecule has 7 heteroatoms. The molecule has 0 radical (unpaired) electrons. The van der Waals surface area contributed by atoms with Gasteiger partial charge in [-0.1, -0.05) is 11.6 Å². The topological polar surface area (TPSA) is 88.0 Å². The lowest BCUT2D eigenvalue weighted by atomic mass is 10.1. The molecule has 1 aliphatic heterocycles. The number of carbonyl (C=O) groups excluding carboxylic acids is 1. The van der Waals surface area contributed by atoms with Gasteiger partial charge in [0.05, 0.1) is 24.3 Å². The van der Waals surface area contributed by atoms with Crippen LogP contribution in [0, 0.1) is 0 Å². The zero-order valence-electron chi connectivity index (χ0n) is 10.1. The predicted octanol–water partition coefficient (Wildman–Crippen LogP) is 0.194. The minimum atomic E-state index is -0.709. The monoisotopic (exact) mass is 287 g/mol. The van der Waals surface area contributed by atoms with Crippen LogP contribution in [0.25, 0.3) is 0 Å². The second kappa shape index (κ2) is 6.10. The summed E-state index contributed by atoms with van der Waals surface area (Å²) in [5, 5.41) is 20.6. The Morgan fingerprint density at radius 1 is 1.32 bits per heavy atom. The molecule has 0 saturated carbocycles. The average molecular weight is 288 g/mol. The van der Waals surface area contributed by atoms with E-state index in [9.17, 15) is 4.79 Å². The SMILES string of the molecule is O=C(NC(CO)CO)c1cc(Cl)c2c(c1)OCCO2. The van der Waals surface area contributed by atoms with Crippen LogP contribution < -0.4 is 14.8 Å². The van der Waals surface area contributed by atoms with E-state index in [0.717, 1.165) is 0 Å². The molecule has 0 aromatic heterocycles. The van der Waals surface area contributed by atoms with E-state index in [4.69, 9.17) is 31.3 Å². The Kier molecular flexibility index (Phi) is 4.47. The minimum absolute atomic E-state index is 0.279. The standard InChI is InChI=1S/C12H14ClNO5/c13-9-3-7(12(17)14-8(5-15)6-16)4-10-11(9)19-2-1-18-10/h3-4,8,15-16H,1-2,5-6H2,(H,14,17). The third-order valence-electron chi connectivity index (χ3n) is 2.64. The number of aliphatic hydroxyl groups excluding tert-OH is 2. The van der Waals surface area contributed by atoms with E-state index in [1.54, 1.807) is 0 Å². The zero-order chi connectivity index (χ0) is 13.8. The first-order chi connectivity index (χ1) is 9.15. The van der Waals surface area contributed by atoms with Gasteiger partial charge < -0.3 is 25.0 Å². The fourth-order valence-corrected chi connectivity index (χ4v) is 1.92. The normalized spacial score (nSPS) is 13.5. The maximum Gasteiger partial charge on any atom is 0.251 e. The van der Waals surface area contributed by atoms with E-state index >= 15 is 0 Å². The van der Waals surface area contributed by atoms with Crippen LogP contribution in [0.3, 0.4) is 0 Å². The molecule has 3 N–H and O–H groups in total. The third-order valence-corrected chi connectivity index (χ3v) is 2.92. The number of nitrogens with one attached hydrogen (secondary N) is 1. The Morgan fingerprint density at radius 2 is 2.00 bits per heavy atom. The zero-order valence-corrected chi connectivity index (χ0v) is 10.8. The van der Waals surface area contributed by atoms with Crippen LogP contribution in [-0.4, -0.2) is 48.6 Å². The number of halogens is 1. The van der Waals surface area contributed by atoms with Gasteiger partial charge in [-0.05, 0) is 12.1 Å². The summed E-state index contributed by atoms with van der Waals surface area (Å²) in [6.45, 7) is 0.112. The second-order valence-electron chi connectivity index (χ2n) is 4.02. The summed E-state index contributed by atoms with van der Waals surface area (Å²) in [7, 11) is 0. The Morgan fingerprint density at radius 3 is 2.68 bits per heavy atom. The first kappa shape index (κ1) is 13.9. The summed E-state index contributed by atoms with van der Waals surface area (Å²) < 4.78 is 10.7. The molecule has 0 saturated heterocycles. The van der Waals surface area contributed by atoms with E-state index in [-0.39, 0.29) is 23.8 Å². The van der Waals surface area contributed by atoms with Crippen molar-refractivity contribution >= 4 is 17.5 Å². The average Bonchev–Trinajstić information content (AvgIpc) is 2.44. The number of benzene rings is 1. The fourth-order valence-electron chi connectivity index (χ4n) is 1.66. The van der Waals surface area contributed by atoms with Crippen molar-refractivity contribution in [2.75, 3.05) is 26.4 Å². The van der Waals surface area contributed by atoms with Crippen molar-refractivity contribution in [3.63, 3.8) is 0 Å². The summed E-state index contributed by atoms with van der Waals surface area (Å²) in [5.74, 6) is 0.380. The van der Waals surface area contributed by atoms with Gasteiger partial charge >= 0.3 is 0 Å². The molecule has 0 unspecified atom stereocenters. The molecule has 1 aromatic carbocycles. The van der Waals surface area contributed by atoms with Gasteiger partial charge in [0.1, 0.15) is 13.2 Å². The first-order valence-electron chi connectivity index (χ1n) is 5.77. The van der Waals surface area contributed by atoms with Gasteiger partial charge in [0.15, 0.2) is 11.5 Å². The molecular formula is C12H14ClNO5. The molecule has 2 rings (SSSR count). The van der Waals surface area contributed by atoms with Crippen molar-refractivity contribution in [2.24, 2.45) is 0 Å². The molecule has 0 spiro atoms. The molecular weight excluding hydrogens is 274 g/mol. The number of carbonyl (C=O) groups is 1. The molecule has 0 atom stereocenters. The van der Waals surface area contributed by atoms with Crippen LogP contribution in [-0.2, 0) is 0 Å². The minimum Gasteiger partial charge on any atom is -0.486 e. The quantitative estimate of drug-likeness (QED) is 0.736. The molecule has 19 heavy (non-hydrogen) atoms. The summed E-state index contributed by atoms with van der Waals surface area (Å²) in [6, 6.07) is 2.26. The van der Waals surface area contributed by atoms with Crippen LogP contribution >= 0.6 is 11.6 Å². The highest BCUT2D eigenvalue weighted by molar-refractivity contribution is 6.32. The lowest BCUT2D eigenvalue weighted by Crippen LogP contribution is -2.40. The van der Waals surface area contributed by atoms with Crippen LogP contribution in [0.5, 0.6) is 11.5 Å². The summed E-state index contributed by atoms with van der Waals surface area (Å²) in [5.41, 5.74) is 0.279. The third kappa shape index (κ3) is 3.09. The smallest absolute Gasteiger partial charge is 0.251 e. The van der Waals surface area contributed by atoms with Gasteiger partial charge in [-0.25, -0.2) is 0 Å². The molecule has 1 heterocycles. The number of rotatable bonds is 4. The van der Waals surface area contributed by atoms with Crippen LogP contribution in [0.4, 0.5) is 0 Å². The Hall–Kier alpha value is -1.50. The second-order valence-corrected chi connectivity index (χ2v) is 4.42. The van der Waals surface area contributed by atoms with E-state index in [2.05, 4.69) is 5.32 Å². The van der Waals surface area contributed by atoms with Crippen molar-refractivity contribution in [3.05, 3.63) is 22.7 Å². The molecule has 0 bridgehead atoms. The predicted molar refractivity (Wildman–Crippen MR) is 67.9 cm³/mol. The maximum absolute atomic E-state index is 11.9.